The van der Waals surface area contributed by atoms with Gasteiger partial charge in [0.15, 0.2) is 6.29 Å². The van der Waals surface area contributed by atoms with Crippen LogP contribution in [0, 0.1) is 0 Å². The summed E-state index contributed by atoms with van der Waals surface area (Å²) in [4.78, 5) is 12.9. The second-order valence-corrected chi connectivity index (χ2v) is 18.1. The number of aliphatic hydroxyl groups is 3. The number of rotatable bonds is 43. The zero-order valence-electron chi connectivity index (χ0n) is 38.5. The standard InChI is InChI=1S/C48H90O12S/c1-3-5-7-9-11-13-15-17-19-21-22-24-26-28-30-32-34-36-38-56-40-42(41-57-48-46(52)47(60-61(53,54)55)45(51)43(39-49)59-48)58-44(50)37-35-33-31-29-27-25-23-20-18-16-14-12-10-8-6-4-2/h11,13,17,19,42-43,45-49,51-52H,3-10,12,14-16,18,20-41H2,1-2H3,(H,53,54,55)/b13-11-,19-17-. The summed E-state index contributed by atoms with van der Waals surface area (Å²) in [5.41, 5.74) is 0. The van der Waals surface area contributed by atoms with E-state index in [0.29, 0.717) is 13.0 Å². The van der Waals surface area contributed by atoms with E-state index in [1.807, 2.05) is 0 Å². The van der Waals surface area contributed by atoms with Crippen molar-refractivity contribution in [3.8, 4) is 0 Å². The van der Waals surface area contributed by atoms with E-state index in [-0.39, 0.29) is 19.6 Å². The molecule has 0 radical (unpaired) electrons. The molecule has 360 valence electrons. The molecule has 0 spiro atoms. The van der Waals surface area contributed by atoms with Crippen molar-refractivity contribution in [1.82, 2.24) is 0 Å². The van der Waals surface area contributed by atoms with Gasteiger partial charge in [0.05, 0.1) is 19.8 Å². The Labute approximate surface area is 371 Å². The van der Waals surface area contributed by atoms with Crippen molar-refractivity contribution in [2.24, 2.45) is 0 Å². The number of esters is 1. The summed E-state index contributed by atoms with van der Waals surface area (Å²) in [5.74, 6) is -0.398. The van der Waals surface area contributed by atoms with Crippen LogP contribution < -0.4 is 0 Å². The Morgan fingerprint density at radius 1 is 0.623 bits per heavy atom. The van der Waals surface area contributed by atoms with Crippen LogP contribution in [0.3, 0.4) is 0 Å². The summed E-state index contributed by atoms with van der Waals surface area (Å²) < 4.78 is 59.2. The van der Waals surface area contributed by atoms with Crippen molar-refractivity contribution in [1.29, 1.82) is 0 Å². The summed E-state index contributed by atoms with van der Waals surface area (Å²) in [6, 6.07) is 0. The third kappa shape index (κ3) is 33.7. The molecular formula is C48H90O12S. The Morgan fingerprint density at radius 3 is 1.59 bits per heavy atom. The zero-order valence-corrected chi connectivity index (χ0v) is 39.3. The average Bonchev–Trinajstić information content (AvgIpc) is 3.23. The highest BCUT2D eigenvalue weighted by molar-refractivity contribution is 7.80. The number of carbonyl (C=O) groups is 1. The smallest absolute Gasteiger partial charge is 0.397 e. The van der Waals surface area contributed by atoms with E-state index >= 15 is 0 Å². The molecule has 1 rings (SSSR count). The van der Waals surface area contributed by atoms with Crippen LogP contribution >= 0.6 is 0 Å². The van der Waals surface area contributed by atoms with Gasteiger partial charge in [0, 0.05) is 13.0 Å². The summed E-state index contributed by atoms with van der Waals surface area (Å²) in [6.07, 6.45) is 36.3. The molecule has 0 saturated carbocycles. The van der Waals surface area contributed by atoms with Gasteiger partial charge in [-0.3, -0.25) is 9.35 Å². The molecule has 4 N–H and O–H groups in total. The first-order valence-corrected chi connectivity index (χ1v) is 26.0. The fourth-order valence-corrected chi connectivity index (χ4v) is 8.09. The predicted molar refractivity (Wildman–Crippen MR) is 244 cm³/mol. The lowest BCUT2D eigenvalue weighted by Crippen LogP contribution is -2.60. The fraction of sp³-hybridized carbons (Fsp3) is 0.896. The van der Waals surface area contributed by atoms with E-state index in [9.17, 15) is 33.1 Å². The lowest BCUT2D eigenvalue weighted by atomic mass is 9.99. The van der Waals surface area contributed by atoms with E-state index in [1.165, 1.54) is 135 Å². The van der Waals surface area contributed by atoms with E-state index in [0.717, 1.165) is 51.4 Å². The highest BCUT2D eigenvalue weighted by Crippen LogP contribution is 2.26. The third-order valence-corrected chi connectivity index (χ3v) is 11.8. The maximum Gasteiger partial charge on any atom is 0.397 e. The van der Waals surface area contributed by atoms with Crippen LogP contribution in [0.1, 0.15) is 213 Å². The maximum atomic E-state index is 12.9. The van der Waals surface area contributed by atoms with Crippen molar-refractivity contribution < 1.29 is 56.2 Å². The van der Waals surface area contributed by atoms with E-state index in [1.54, 1.807) is 0 Å². The van der Waals surface area contributed by atoms with Crippen LogP contribution in [-0.4, -0.2) is 97.5 Å². The molecule has 0 amide bonds. The number of allylic oxidation sites excluding steroid dienone is 4. The van der Waals surface area contributed by atoms with Gasteiger partial charge < -0.3 is 34.3 Å². The van der Waals surface area contributed by atoms with Crippen molar-refractivity contribution in [2.45, 2.75) is 250 Å². The van der Waals surface area contributed by atoms with Gasteiger partial charge in [-0.15, -0.1) is 0 Å². The van der Waals surface area contributed by atoms with Gasteiger partial charge in [0.2, 0.25) is 0 Å². The highest BCUT2D eigenvalue weighted by Gasteiger charge is 2.48. The Bertz CT molecular complexity index is 1170. The molecular weight excluding hydrogens is 801 g/mol. The highest BCUT2D eigenvalue weighted by atomic mass is 32.3. The van der Waals surface area contributed by atoms with Crippen LogP contribution in [-0.2, 0) is 38.3 Å². The third-order valence-electron chi connectivity index (χ3n) is 11.3. The number of aliphatic hydroxyl groups excluding tert-OH is 3. The molecule has 0 aliphatic carbocycles. The largest absolute Gasteiger partial charge is 0.457 e. The fourth-order valence-electron chi connectivity index (χ4n) is 7.59. The minimum atomic E-state index is -5.06. The maximum absolute atomic E-state index is 12.9. The van der Waals surface area contributed by atoms with Crippen LogP contribution in [0.4, 0.5) is 0 Å². The second-order valence-electron chi connectivity index (χ2n) is 17.1. The molecule has 0 bridgehead atoms. The molecule has 0 aromatic heterocycles. The summed E-state index contributed by atoms with van der Waals surface area (Å²) >= 11 is 0. The van der Waals surface area contributed by atoms with Gasteiger partial charge >= 0.3 is 16.4 Å². The van der Waals surface area contributed by atoms with Crippen LogP contribution in [0.5, 0.6) is 0 Å². The molecule has 1 saturated heterocycles. The quantitative estimate of drug-likeness (QED) is 0.0197. The first-order chi connectivity index (χ1) is 29.6. The van der Waals surface area contributed by atoms with Gasteiger partial charge in [0.25, 0.3) is 0 Å². The molecule has 0 aromatic rings. The molecule has 1 aliphatic heterocycles. The summed E-state index contributed by atoms with van der Waals surface area (Å²) in [5, 5.41) is 30.7. The Hall–Kier alpha value is -1.42. The van der Waals surface area contributed by atoms with Crippen molar-refractivity contribution in [3.05, 3.63) is 24.3 Å². The zero-order chi connectivity index (χ0) is 44.7. The molecule has 61 heavy (non-hydrogen) atoms. The minimum Gasteiger partial charge on any atom is -0.457 e. The first kappa shape index (κ1) is 57.6. The van der Waals surface area contributed by atoms with Gasteiger partial charge in [-0.1, -0.05) is 186 Å². The molecule has 6 unspecified atom stereocenters. The van der Waals surface area contributed by atoms with Crippen molar-refractivity contribution in [2.75, 3.05) is 26.4 Å². The van der Waals surface area contributed by atoms with E-state index in [4.69, 9.17) is 18.9 Å². The topological polar surface area (TPSA) is 178 Å². The van der Waals surface area contributed by atoms with E-state index in [2.05, 4.69) is 42.3 Å². The number of carbonyl (C=O) groups excluding carboxylic acids is 1. The molecule has 1 heterocycles. The van der Waals surface area contributed by atoms with Gasteiger partial charge in [-0.2, -0.15) is 8.42 Å². The molecule has 13 heteroatoms. The van der Waals surface area contributed by atoms with Gasteiger partial charge in [0.1, 0.15) is 30.5 Å². The van der Waals surface area contributed by atoms with Crippen LogP contribution in [0.15, 0.2) is 24.3 Å². The monoisotopic (exact) mass is 891 g/mol. The van der Waals surface area contributed by atoms with Gasteiger partial charge in [-0.05, 0) is 44.9 Å². The van der Waals surface area contributed by atoms with E-state index < -0.39 is 59.8 Å². The van der Waals surface area contributed by atoms with Crippen LogP contribution in [0.2, 0.25) is 0 Å². The Balaban J connectivity index is 2.38. The second kappa shape index (κ2) is 40.1. The number of hydrogen-bond donors (Lipinski definition) is 4. The van der Waals surface area contributed by atoms with Crippen molar-refractivity contribution >= 4 is 16.4 Å². The number of ether oxygens (including phenoxy) is 4. The van der Waals surface area contributed by atoms with Crippen LogP contribution in [0.25, 0.3) is 0 Å². The van der Waals surface area contributed by atoms with Crippen molar-refractivity contribution in [3.63, 3.8) is 0 Å². The SMILES string of the molecule is CCCCC/C=C\C/C=C\CCCCCCCCCCOCC(COC1OC(CO)C(O)C(OS(=O)(=O)O)C1O)OC(=O)CCCCCCCCCCCCCCCCCC. The molecule has 12 nitrogen and oxygen atoms in total. The lowest BCUT2D eigenvalue weighted by Gasteiger charge is -2.41. The summed E-state index contributed by atoms with van der Waals surface area (Å²) in [7, 11) is -5.06. The molecule has 0 aromatic carbocycles. The normalized spacial score (nSPS) is 20.3. The lowest BCUT2D eigenvalue weighted by molar-refractivity contribution is -0.301. The molecule has 1 aliphatic rings. The number of hydrogen-bond acceptors (Lipinski definition) is 11. The average molecular weight is 891 g/mol. The molecule has 1 fully saturated rings. The van der Waals surface area contributed by atoms with Gasteiger partial charge in [-0.25, -0.2) is 4.18 Å². The number of unbranched alkanes of at least 4 members (excludes halogenated alkanes) is 26. The predicted octanol–water partition coefficient (Wildman–Crippen LogP) is 10.8. The summed E-state index contributed by atoms with van der Waals surface area (Å²) in [6.45, 7) is 3.98. The minimum absolute atomic E-state index is 0.0359. The first-order valence-electron chi connectivity index (χ1n) is 24.6. The Kier molecular flexibility index (Phi) is 37.9. The Morgan fingerprint density at radius 2 is 1.08 bits per heavy atom. The molecule has 6 atom stereocenters.